The number of fused-ring (bicyclic) bond motifs is 2. The van der Waals surface area contributed by atoms with Crippen LogP contribution in [0.15, 0.2) is 0 Å². The number of piperidine rings is 1. The molecule has 7 atom stereocenters. The number of aliphatic hydroxyl groups is 1. The summed E-state index contributed by atoms with van der Waals surface area (Å²) in [5, 5.41) is 21.5. The van der Waals surface area contributed by atoms with Gasteiger partial charge in [-0.1, -0.05) is 66.7 Å². The Kier molecular flexibility index (Phi) is 10.9. The number of aliphatic hydroxyl groups excluding tert-OH is 1. The molecular weight excluding hydrogens is 664 g/mol. The zero-order chi connectivity index (χ0) is 37.7. The van der Waals surface area contributed by atoms with Crippen LogP contribution in [0, 0.1) is 39.9 Å². The van der Waals surface area contributed by atoms with Gasteiger partial charge in [0.15, 0.2) is 0 Å². The molecule has 0 aromatic rings. The summed E-state index contributed by atoms with van der Waals surface area (Å²) in [4.78, 5) is 82.4. The van der Waals surface area contributed by atoms with E-state index in [0.29, 0.717) is 13.0 Å². The normalized spacial score (nSPS) is 29.6. The van der Waals surface area contributed by atoms with Crippen LogP contribution in [-0.2, 0) is 24.0 Å². The molecule has 13 heteroatoms. The lowest BCUT2D eigenvalue weighted by molar-refractivity contribution is -0.153. The van der Waals surface area contributed by atoms with E-state index in [0.717, 1.165) is 70.6 Å². The summed E-state index contributed by atoms with van der Waals surface area (Å²) in [6.45, 7) is 10.2. The van der Waals surface area contributed by atoms with Crippen LogP contribution in [0.1, 0.15) is 125 Å². The van der Waals surface area contributed by atoms with Crippen LogP contribution in [0.4, 0.5) is 4.79 Å². The molecule has 6 rings (SSSR count). The average Bonchev–Trinajstić information content (AvgIpc) is 3.97. The van der Waals surface area contributed by atoms with E-state index in [9.17, 15) is 33.9 Å². The Morgan fingerprint density at radius 3 is 2.10 bits per heavy atom. The molecular formula is C39H62N6O7. The first-order valence-electron chi connectivity index (χ1n) is 19.9. The third-order valence-electron chi connectivity index (χ3n) is 13.4. The monoisotopic (exact) mass is 726 g/mol. The van der Waals surface area contributed by atoms with Crippen molar-refractivity contribution in [3.8, 4) is 0 Å². The van der Waals surface area contributed by atoms with Crippen LogP contribution in [0.5, 0.6) is 0 Å². The lowest BCUT2D eigenvalue weighted by Gasteiger charge is -2.42. The lowest BCUT2D eigenvalue weighted by atomic mass is 9.80. The summed E-state index contributed by atoms with van der Waals surface area (Å²) in [7, 11) is 0. The van der Waals surface area contributed by atoms with Crippen LogP contribution >= 0.6 is 0 Å². The Morgan fingerprint density at radius 1 is 0.904 bits per heavy atom. The van der Waals surface area contributed by atoms with Crippen LogP contribution in [0.25, 0.3) is 0 Å². The number of carbonyl (C=O) groups excluding carboxylic acids is 6. The van der Waals surface area contributed by atoms with E-state index >= 15 is 0 Å². The van der Waals surface area contributed by atoms with Gasteiger partial charge in [-0.2, -0.15) is 0 Å². The number of urea groups is 1. The molecule has 0 aromatic heterocycles. The van der Waals surface area contributed by atoms with Crippen molar-refractivity contribution in [3.63, 3.8) is 0 Å². The fourth-order valence-corrected chi connectivity index (χ4v) is 9.95. The van der Waals surface area contributed by atoms with Crippen molar-refractivity contribution in [2.75, 3.05) is 13.1 Å². The highest BCUT2D eigenvalue weighted by molar-refractivity contribution is 6.37. The predicted octanol–water partition coefficient (Wildman–Crippen LogP) is 2.97. The summed E-state index contributed by atoms with van der Waals surface area (Å²) < 4.78 is 0. The van der Waals surface area contributed by atoms with Crippen molar-refractivity contribution in [1.29, 1.82) is 0 Å². The van der Waals surface area contributed by atoms with Gasteiger partial charge in [-0.3, -0.25) is 33.8 Å². The van der Waals surface area contributed by atoms with Crippen LogP contribution in [-0.4, -0.2) is 93.8 Å². The van der Waals surface area contributed by atoms with E-state index in [1.165, 1.54) is 4.90 Å². The number of rotatable bonds is 13. The number of hydrogen-bond donors (Lipinski definition) is 5. The summed E-state index contributed by atoms with van der Waals surface area (Å²) in [5.41, 5.74) is 4.65. The minimum Gasteiger partial charge on any atom is -0.376 e. The van der Waals surface area contributed by atoms with Gasteiger partial charge in [0, 0.05) is 25.9 Å². The molecule has 6 amide bonds. The summed E-state index contributed by atoms with van der Waals surface area (Å²) >= 11 is 0. The summed E-state index contributed by atoms with van der Waals surface area (Å²) in [6, 6.07) is -3.47. The molecule has 2 unspecified atom stereocenters. The molecule has 2 saturated heterocycles. The molecule has 13 nitrogen and oxygen atoms in total. The highest BCUT2D eigenvalue weighted by Crippen LogP contribution is 2.66. The summed E-state index contributed by atoms with van der Waals surface area (Å²) in [6.07, 6.45) is 10.3. The maximum Gasteiger partial charge on any atom is 0.315 e. The third-order valence-corrected chi connectivity index (χ3v) is 13.4. The molecule has 0 bridgehead atoms. The number of hydrogen-bond acceptors (Lipinski definition) is 8. The Balaban J connectivity index is 1.22. The number of carbonyl (C=O) groups is 6. The average molecular weight is 727 g/mol. The SMILES string of the molecule is CC1(C)CC(=O)N(C[C@@H](NC(=O)N[C@@H](C2CCCCC2)C(O)N2C[C@H]3[C@H](CCC34CC4)[C@H]2C(=O)NC(CC2CC2)C(=O)C(N)=O)C(C)(C)C)C(=O)C1. The van der Waals surface area contributed by atoms with E-state index < -0.39 is 58.9 Å². The van der Waals surface area contributed by atoms with E-state index in [4.69, 9.17) is 5.73 Å². The van der Waals surface area contributed by atoms with Gasteiger partial charge in [0.1, 0.15) is 6.23 Å². The molecule has 6 fully saturated rings. The van der Waals surface area contributed by atoms with Crippen molar-refractivity contribution >= 4 is 35.4 Å². The maximum atomic E-state index is 14.3. The minimum absolute atomic E-state index is 0.0156. The number of imide groups is 1. The summed E-state index contributed by atoms with van der Waals surface area (Å²) in [5.74, 6) is -2.30. The number of amides is 6. The Morgan fingerprint density at radius 2 is 1.54 bits per heavy atom. The fourth-order valence-electron chi connectivity index (χ4n) is 9.95. The molecule has 290 valence electrons. The second-order valence-corrected chi connectivity index (χ2v) is 19.1. The van der Waals surface area contributed by atoms with Crippen molar-refractivity contribution < 1.29 is 33.9 Å². The van der Waals surface area contributed by atoms with Gasteiger partial charge in [-0.05, 0) is 84.9 Å². The molecule has 4 saturated carbocycles. The first-order chi connectivity index (χ1) is 24.4. The van der Waals surface area contributed by atoms with Gasteiger partial charge >= 0.3 is 6.03 Å². The van der Waals surface area contributed by atoms with Crippen LogP contribution in [0.3, 0.4) is 0 Å². The molecule has 4 aliphatic carbocycles. The van der Waals surface area contributed by atoms with Crippen molar-refractivity contribution in [2.45, 2.75) is 155 Å². The number of Topliss-reactive ketones (excluding diaryl/α,β-unsaturated/α-hetero) is 1. The van der Waals surface area contributed by atoms with Gasteiger partial charge in [0.2, 0.25) is 23.5 Å². The lowest BCUT2D eigenvalue weighted by Crippen LogP contribution is -2.63. The zero-order valence-electron chi connectivity index (χ0n) is 31.9. The minimum atomic E-state index is -1.18. The predicted molar refractivity (Wildman–Crippen MR) is 193 cm³/mol. The Bertz CT molecular complexity index is 1410. The molecule has 52 heavy (non-hydrogen) atoms. The first kappa shape index (κ1) is 38.7. The number of nitrogens with one attached hydrogen (secondary N) is 3. The number of nitrogens with zero attached hydrogens (tertiary/aromatic N) is 2. The number of nitrogens with two attached hydrogens (primary N) is 1. The van der Waals surface area contributed by atoms with Gasteiger partial charge in [-0.15, -0.1) is 0 Å². The van der Waals surface area contributed by atoms with Crippen molar-refractivity contribution in [1.82, 2.24) is 25.8 Å². The van der Waals surface area contributed by atoms with E-state index in [1.807, 2.05) is 39.5 Å². The molecule has 6 aliphatic rings. The van der Waals surface area contributed by atoms with E-state index in [-0.39, 0.29) is 66.2 Å². The zero-order valence-corrected chi connectivity index (χ0v) is 31.9. The van der Waals surface area contributed by atoms with Crippen LogP contribution in [0.2, 0.25) is 0 Å². The molecule has 0 radical (unpaired) electrons. The van der Waals surface area contributed by atoms with Gasteiger partial charge < -0.3 is 26.8 Å². The first-order valence-corrected chi connectivity index (χ1v) is 19.9. The smallest absolute Gasteiger partial charge is 0.315 e. The second-order valence-electron chi connectivity index (χ2n) is 19.1. The standard InChI is InChI=1S/C39H62N6O7/c1-37(2,3)27(21-44-28(46)18-38(4,5)19-29(44)47)42-36(52)43-30(23-9-7-6-8-10-23)35(51)45-20-25-24(13-14-39(25)15-16-39)31(45)34(50)41-26(17-22-11-12-22)32(48)33(40)49/h22-27,30-31,35,51H,6-21H2,1-5H3,(H2,40,49)(H,41,50)(H2,42,43,52)/t24-,25-,26?,27+,30-,31-,35?/m0/s1. The van der Waals surface area contributed by atoms with Crippen molar-refractivity contribution in [2.24, 2.45) is 45.7 Å². The highest BCUT2D eigenvalue weighted by Gasteiger charge is 2.64. The fraction of sp³-hybridized carbons (Fsp3) is 0.846. The number of ketones is 1. The number of likely N-dealkylation sites (tertiary alicyclic amines) is 2. The molecule has 0 aromatic carbocycles. The number of primary amides is 1. The van der Waals surface area contributed by atoms with Gasteiger partial charge in [-0.25, -0.2) is 4.79 Å². The quantitative estimate of drug-likeness (QED) is 0.141. The molecule has 2 aliphatic heterocycles. The molecule has 2 heterocycles. The Hall–Kier alpha value is -3.06. The maximum absolute atomic E-state index is 14.3. The molecule has 1 spiro atoms. The highest BCUT2D eigenvalue weighted by atomic mass is 16.3. The van der Waals surface area contributed by atoms with Crippen LogP contribution < -0.4 is 21.7 Å². The van der Waals surface area contributed by atoms with Crippen molar-refractivity contribution in [3.05, 3.63) is 0 Å². The third kappa shape index (κ3) is 8.35. The molecule has 6 N–H and O–H groups in total. The second kappa shape index (κ2) is 14.6. The Labute approximate surface area is 308 Å². The van der Waals surface area contributed by atoms with Gasteiger partial charge in [0.05, 0.1) is 24.2 Å². The van der Waals surface area contributed by atoms with Gasteiger partial charge in [0.25, 0.3) is 5.91 Å². The topological polar surface area (TPSA) is 191 Å². The largest absolute Gasteiger partial charge is 0.376 e. The van der Waals surface area contributed by atoms with E-state index in [2.05, 4.69) is 16.0 Å². The van der Waals surface area contributed by atoms with E-state index in [1.54, 1.807) is 0 Å².